The first-order valence-corrected chi connectivity index (χ1v) is 9.72. The zero-order chi connectivity index (χ0) is 19.6. The summed E-state index contributed by atoms with van der Waals surface area (Å²) >= 11 is 5.68. The average Bonchev–Trinajstić information content (AvgIpc) is 2.65. The smallest absolute Gasteiger partial charge is 0.255 e. The molecule has 0 bridgehead atoms. The van der Waals surface area contributed by atoms with Crippen LogP contribution in [0.3, 0.4) is 0 Å². The molecule has 1 saturated heterocycles. The number of carbonyl (C=O) groups is 2. The molecule has 1 heterocycles. The monoisotopic (exact) mass is 411 g/mol. The van der Waals surface area contributed by atoms with Gasteiger partial charge in [0, 0.05) is 24.3 Å². The number of nitrogens with zero attached hydrogens (tertiary/aromatic N) is 1. The van der Waals surface area contributed by atoms with Crippen LogP contribution in [0.15, 0.2) is 47.4 Å². The van der Waals surface area contributed by atoms with Gasteiger partial charge < -0.3 is 10.6 Å². The lowest BCUT2D eigenvalue weighted by Crippen LogP contribution is -2.49. The van der Waals surface area contributed by atoms with Crippen molar-refractivity contribution < 1.29 is 22.4 Å². The van der Waals surface area contributed by atoms with E-state index < -0.39 is 21.7 Å². The molecule has 2 amide bonds. The average molecular weight is 412 g/mol. The van der Waals surface area contributed by atoms with E-state index in [1.165, 1.54) is 36.4 Å². The zero-order valence-corrected chi connectivity index (χ0v) is 15.5. The Balaban J connectivity index is 1.83. The maximum atomic E-state index is 13.2. The third-order valence-electron chi connectivity index (χ3n) is 3.91. The largest absolute Gasteiger partial charge is 0.354 e. The van der Waals surface area contributed by atoms with E-state index in [2.05, 4.69) is 10.6 Å². The molecule has 0 spiro atoms. The van der Waals surface area contributed by atoms with Crippen molar-refractivity contribution in [3.8, 4) is 0 Å². The number of nitrogens with one attached hydrogen (secondary N) is 2. The van der Waals surface area contributed by atoms with Crippen LogP contribution in [0.4, 0.5) is 10.1 Å². The molecule has 0 aromatic heterocycles. The lowest BCUT2D eigenvalue weighted by Gasteiger charge is -2.26. The van der Waals surface area contributed by atoms with Gasteiger partial charge in [-0.2, -0.15) is 4.31 Å². The summed E-state index contributed by atoms with van der Waals surface area (Å²) in [5, 5.41) is 4.94. The summed E-state index contributed by atoms with van der Waals surface area (Å²) in [7, 11) is -3.91. The van der Waals surface area contributed by atoms with Gasteiger partial charge in [-0.15, -0.1) is 0 Å². The molecule has 1 aliphatic rings. The van der Waals surface area contributed by atoms with E-state index in [4.69, 9.17) is 11.6 Å². The SMILES string of the molecule is O=C1CN(S(=O)(=O)c2cccc(C(=O)Nc3ccc(F)c(Cl)c3)c2)CCN1. The minimum atomic E-state index is -3.91. The maximum absolute atomic E-state index is 13.2. The Morgan fingerprint density at radius 2 is 2.00 bits per heavy atom. The van der Waals surface area contributed by atoms with Crippen LogP contribution >= 0.6 is 11.6 Å². The third-order valence-corrected chi connectivity index (χ3v) is 6.05. The van der Waals surface area contributed by atoms with E-state index in [0.717, 1.165) is 10.4 Å². The third kappa shape index (κ3) is 4.26. The topological polar surface area (TPSA) is 95.6 Å². The molecular formula is C17H15ClFN3O4S. The normalized spacial score (nSPS) is 15.3. The van der Waals surface area contributed by atoms with Gasteiger partial charge in [0.15, 0.2) is 0 Å². The Bertz CT molecular complexity index is 1010. The zero-order valence-electron chi connectivity index (χ0n) is 13.9. The summed E-state index contributed by atoms with van der Waals surface area (Å²) in [6.07, 6.45) is 0. The maximum Gasteiger partial charge on any atom is 0.255 e. The van der Waals surface area contributed by atoms with Crippen molar-refractivity contribution in [1.82, 2.24) is 9.62 Å². The van der Waals surface area contributed by atoms with Crippen molar-refractivity contribution in [2.24, 2.45) is 0 Å². The van der Waals surface area contributed by atoms with E-state index in [0.29, 0.717) is 0 Å². The second kappa shape index (κ2) is 7.63. The molecule has 27 heavy (non-hydrogen) atoms. The fraction of sp³-hybridized carbons (Fsp3) is 0.176. The molecule has 10 heteroatoms. The highest BCUT2D eigenvalue weighted by atomic mass is 35.5. The Hall–Kier alpha value is -2.49. The van der Waals surface area contributed by atoms with E-state index >= 15 is 0 Å². The summed E-state index contributed by atoms with van der Waals surface area (Å²) in [5.74, 6) is -1.58. The number of rotatable bonds is 4. The first kappa shape index (κ1) is 19.3. The molecule has 0 radical (unpaired) electrons. The number of piperazine rings is 1. The molecule has 142 valence electrons. The van der Waals surface area contributed by atoms with Gasteiger partial charge in [0.1, 0.15) is 5.82 Å². The summed E-state index contributed by atoms with van der Waals surface area (Å²) in [5.41, 5.74) is 0.366. The molecule has 2 aromatic rings. The first-order chi connectivity index (χ1) is 12.8. The van der Waals surface area contributed by atoms with E-state index in [1.807, 2.05) is 0 Å². The Kier molecular flexibility index (Phi) is 5.45. The fourth-order valence-electron chi connectivity index (χ4n) is 2.54. The van der Waals surface area contributed by atoms with Crippen molar-refractivity contribution in [2.45, 2.75) is 4.90 Å². The second-order valence-corrected chi connectivity index (χ2v) is 8.14. The minimum Gasteiger partial charge on any atom is -0.354 e. The van der Waals surface area contributed by atoms with Gasteiger partial charge in [-0.3, -0.25) is 9.59 Å². The van der Waals surface area contributed by atoms with Gasteiger partial charge in [-0.25, -0.2) is 12.8 Å². The highest BCUT2D eigenvalue weighted by Gasteiger charge is 2.29. The van der Waals surface area contributed by atoms with E-state index in [-0.39, 0.29) is 46.7 Å². The lowest BCUT2D eigenvalue weighted by molar-refractivity contribution is -0.122. The van der Waals surface area contributed by atoms with Crippen molar-refractivity contribution in [1.29, 1.82) is 0 Å². The standard InChI is InChI=1S/C17H15ClFN3O4S/c18-14-9-12(4-5-15(14)19)21-17(24)11-2-1-3-13(8-11)27(25,26)22-7-6-20-16(23)10-22/h1-5,8-9H,6-7,10H2,(H,20,23)(H,21,24). The van der Waals surface area contributed by atoms with Crippen molar-refractivity contribution >= 4 is 39.1 Å². The summed E-state index contributed by atoms with van der Waals surface area (Å²) < 4.78 is 39.7. The molecule has 7 nitrogen and oxygen atoms in total. The van der Waals surface area contributed by atoms with Gasteiger partial charge in [-0.05, 0) is 36.4 Å². The first-order valence-electron chi connectivity index (χ1n) is 7.91. The molecule has 1 fully saturated rings. The van der Waals surface area contributed by atoms with E-state index in [1.54, 1.807) is 0 Å². The second-order valence-electron chi connectivity index (χ2n) is 5.80. The van der Waals surface area contributed by atoms with Crippen LogP contribution in [0.2, 0.25) is 5.02 Å². The predicted octanol–water partition coefficient (Wildman–Crippen LogP) is 1.85. The lowest BCUT2D eigenvalue weighted by atomic mass is 10.2. The number of benzene rings is 2. The van der Waals surface area contributed by atoms with Crippen LogP contribution in [0, 0.1) is 5.82 Å². The molecule has 0 saturated carbocycles. The predicted molar refractivity (Wildman–Crippen MR) is 97.6 cm³/mol. The van der Waals surface area contributed by atoms with Crippen LogP contribution in [-0.4, -0.2) is 44.2 Å². The summed E-state index contributed by atoms with van der Waals surface area (Å²) in [6, 6.07) is 9.16. The number of halogens is 2. The summed E-state index contributed by atoms with van der Waals surface area (Å²) in [4.78, 5) is 23.8. The highest BCUT2D eigenvalue weighted by Crippen LogP contribution is 2.21. The van der Waals surface area contributed by atoms with Gasteiger partial charge in [0.25, 0.3) is 5.91 Å². The van der Waals surface area contributed by atoms with Crippen LogP contribution in [0.1, 0.15) is 10.4 Å². The van der Waals surface area contributed by atoms with Crippen molar-refractivity contribution in [3.63, 3.8) is 0 Å². The molecule has 0 atom stereocenters. The number of amides is 2. The highest BCUT2D eigenvalue weighted by molar-refractivity contribution is 7.89. The van der Waals surface area contributed by atoms with Crippen LogP contribution in [0.25, 0.3) is 0 Å². The van der Waals surface area contributed by atoms with Crippen LogP contribution in [0.5, 0.6) is 0 Å². The Labute approximate surface area is 160 Å². The summed E-state index contributed by atoms with van der Waals surface area (Å²) in [6.45, 7) is 0.106. The van der Waals surface area contributed by atoms with E-state index in [9.17, 15) is 22.4 Å². The number of carbonyl (C=O) groups excluding carboxylic acids is 2. The molecule has 2 aromatic carbocycles. The molecule has 0 aliphatic carbocycles. The number of hydrogen-bond acceptors (Lipinski definition) is 4. The Morgan fingerprint density at radius 3 is 2.70 bits per heavy atom. The van der Waals surface area contributed by atoms with Crippen molar-refractivity contribution in [2.75, 3.05) is 25.0 Å². The van der Waals surface area contributed by atoms with Crippen LogP contribution < -0.4 is 10.6 Å². The number of sulfonamides is 1. The number of anilines is 1. The van der Waals surface area contributed by atoms with Gasteiger partial charge >= 0.3 is 0 Å². The molecule has 3 rings (SSSR count). The molecule has 2 N–H and O–H groups in total. The number of hydrogen-bond donors (Lipinski definition) is 2. The van der Waals surface area contributed by atoms with Gasteiger partial charge in [0.05, 0.1) is 16.5 Å². The quantitative estimate of drug-likeness (QED) is 0.802. The minimum absolute atomic E-state index is 0.0954. The van der Waals surface area contributed by atoms with Gasteiger partial charge in [0.2, 0.25) is 15.9 Å². The molecule has 0 unspecified atom stereocenters. The fourth-order valence-corrected chi connectivity index (χ4v) is 4.17. The molecular weight excluding hydrogens is 397 g/mol. The molecule has 1 aliphatic heterocycles. The van der Waals surface area contributed by atoms with Crippen molar-refractivity contribution in [3.05, 3.63) is 58.9 Å². The van der Waals surface area contributed by atoms with Gasteiger partial charge in [-0.1, -0.05) is 17.7 Å². The Morgan fingerprint density at radius 1 is 1.22 bits per heavy atom. The van der Waals surface area contributed by atoms with Crippen LogP contribution in [-0.2, 0) is 14.8 Å².